The SMILES string of the molecule is CNC(=O)c1cccc(NC(=O)CNC(=O)c2cccc(Cl)c2)c1. The van der Waals surface area contributed by atoms with Crippen LogP contribution in [-0.4, -0.2) is 31.3 Å². The van der Waals surface area contributed by atoms with Crippen LogP contribution in [0.5, 0.6) is 0 Å². The van der Waals surface area contributed by atoms with E-state index < -0.39 is 11.8 Å². The van der Waals surface area contributed by atoms with Gasteiger partial charge in [-0.2, -0.15) is 0 Å². The predicted molar refractivity (Wildman–Crippen MR) is 92.2 cm³/mol. The number of hydrogen-bond donors (Lipinski definition) is 3. The van der Waals surface area contributed by atoms with Crippen molar-refractivity contribution >= 4 is 35.0 Å². The summed E-state index contributed by atoms with van der Waals surface area (Å²) in [4.78, 5) is 35.4. The maximum Gasteiger partial charge on any atom is 0.251 e. The normalized spacial score (nSPS) is 9.92. The Hall–Kier alpha value is -2.86. The maximum atomic E-state index is 11.9. The van der Waals surface area contributed by atoms with Crippen molar-refractivity contribution in [2.45, 2.75) is 0 Å². The fraction of sp³-hybridized carbons (Fsp3) is 0.118. The molecule has 2 rings (SSSR count). The molecule has 3 amide bonds. The fourth-order valence-electron chi connectivity index (χ4n) is 1.98. The van der Waals surface area contributed by atoms with Crippen molar-refractivity contribution in [3.05, 3.63) is 64.7 Å². The molecule has 6 nitrogen and oxygen atoms in total. The van der Waals surface area contributed by atoms with E-state index in [2.05, 4.69) is 16.0 Å². The van der Waals surface area contributed by atoms with Crippen molar-refractivity contribution in [1.82, 2.24) is 10.6 Å². The van der Waals surface area contributed by atoms with Gasteiger partial charge in [0, 0.05) is 28.9 Å². The van der Waals surface area contributed by atoms with Crippen LogP contribution in [0, 0.1) is 0 Å². The molecule has 0 aliphatic carbocycles. The molecule has 0 unspecified atom stereocenters. The molecule has 0 aliphatic rings. The minimum absolute atomic E-state index is 0.199. The first-order valence-electron chi connectivity index (χ1n) is 7.15. The van der Waals surface area contributed by atoms with Crippen LogP contribution in [0.25, 0.3) is 0 Å². The third kappa shape index (κ3) is 4.82. The van der Waals surface area contributed by atoms with Crippen molar-refractivity contribution in [1.29, 1.82) is 0 Å². The molecule has 0 heterocycles. The van der Waals surface area contributed by atoms with Crippen LogP contribution in [0.1, 0.15) is 20.7 Å². The van der Waals surface area contributed by atoms with Gasteiger partial charge in [0.25, 0.3) is 11.8 Å². The fourth-order valence-corrected chi connectivity index (χ4v) is 2.17. The zero-order chi connectivity index (χ0) is 17.5. The Kier molecular flexibility index (Phi) is 5.92. The second-order valence-electron chi connectivity index (χ2n) is 4.90. The number of anilines is 1. The van der Waals surface area contributed by atoms with Crippen LogP contribution in [0.2, 0.25) is 5.02 Å². The van der Waals surface area contributed by atoms with Gasteiger partial charge in [-0.1, -0.05) is 23.7 Å². The van der Waals surface area contributed by atoms with Gasteiger partial charge in [0.15, 0.2) is 0 Å². The van der Waals surface area contributed by atoms with Crippen LogP contribution in [0.4, 0.5) is 5.69 Å². The molecular weight excluding hydrogens is 330 g/mol. The van der Waals surface area contributed by atoms with Gasteiger partial charge in [-0.15, -0.1) is 0 Å². The van der Waals surface area contributed by atoms with E-state index in [0.29, 0.717) is 21.8 Å². The Balaban J connectivity index is 1.92. The summed E-state index contributed by atoms with van der Waals surface area (Å²) in [6.07, 6.45) is 0. The predicted octanol–water partition coefficient (Wildman–Crippen LogP) is 2.07. The molecule has 124 valence electrons. The monoisotopic (exact) mass is 345 g/mol. The van der Waals surface area contributed by atoms with E-state index in [0.717, 1.165) is 0 Å². The summed E-state index contributed by atoms with van der Waals surface area (Å²) >= 11 is 5.82. The van der Waals surface area contributed by atoms with E-state index in [1.165, 1.54) is 13.1 Å². The summed E-state index contributed by atoms with van der Waals surface area (Å²) in [5.74, 6) is -1.05. The van der Waals surface area contributed by atoms with Crippen molar-refractivity contribution in [2.75, 3.05) is 18.9 Å². The summed E-state index contributed by atoms with van der Waals surface area (Å²) in [6.45, 7) is -0.199. The van der Waals surface area contributed by atoms with Crippen molar-refractivity contribution in [2.24, 2.45) is 0 Å². The number of rotatable bonds is 5. The topological polar surface area (TPSA) is 87.3 Å². The van der Waals surface area contributed by atoms with Crippen molar-refractivity contribution < 1.29 is 14.4 Å². The summed E-state index contributed by atoms with van der Waals surface area (Å²) < 4.78 is 0. The molecule has 0 bridgehead atoms. The summed E-state index contributed by atoms with van der Waals surface area (Å²) in [5.41, 5.74) is 1.27. The standard InChI is InChI=1S/C17H16ClN3O3/c1-19-16(23)12-5-3-7-14(9-12)21-15(22)10-20-17(24)11-4-2-6-13(18)8-11/h2-9H,10H2,1H3,(H,19,23)(H,20,24)(H,21,22). The molecule has 0 radical (unpaired) electrons. The lowest BCUT2D eigenvalue weighted by Gasteiger charge is -2.08. The van der Waals surface area contributed by atoms with Gasteiger partial charge in [-0.05, 0) is 36.4 Å². The molecule has 0 saturated heterocycles. The molecule has 2 aromatic rings. The third-order valence-corrected chi connectivity index (χ3v) is 3.37. The van der Waals surface area contributed by atoms with E-state index in [-0.39, 0.29) is 12.5 Å². The largest absolute Gasteiger partial charge is 0.355 e. The van der Waals surface area contributed by atoms with Crippen LogP contribution in [0.15, 0.2) is 48.5 Å². The molecule has 2 aromatic carbocycles. The van der Waals surface area contributed by atoms with Crippen LogP contribution in [0.3, 0.4) is 0 Å². The summed E-state index contributed by atoms with van der Waals surface area (Å²) in [7, 11) is 1.53. The smallest absolute Gasteiger partial charge is 0.251 e. The lowest BCUT2D eigenvalue weighted by molar-refractivity contribution is -0.115. The highest BCUT2D eigenvalue weighted by atomic mass is 35.5. The van der Waals surface area contributed by atoms with E-state index in [4.69, 9.17) is 11.6 Å². The molecule has 0 fully saturated rings. The number of halogens is 1. The maximum absolute atomic E-state index is 11.9. The Labute approximate surface area is 144 Å². The second kappa shape index (κ2) is 8.12. The molecule has 0 atom stereocenters. The third-order valence-electron chi connectivity index (χ3n) is 3.13. The number of carbonyl (C=O) groups is 3. The van der Waals surface area contributed by atoms with Crippen molar-refractivity contribution in [3.8, 4) is 0 Å². The van der Waals surface area contributed by atoms with E-state index in [1.54, 1.807) is 42.5 Å². The lowest BCUT2D eigenvalue weighted by Crippen LogP contribution is -2.32. The van der Waals surface area contributed by atoms with E-state index in [9.17, 15) is 14.4 Å². The molecule has 0 spiro atoms. The first-order valence-corrected chi connectivity index (χ1v) is 7.53. The molecule has 0 saturated carbocycles. The van der Waals surface area contributed by atoms with Gasteiger partial charge in [-0.3, -0.25) is 14.4 Å². The second-order valence-corrected chi connectivity index (χ2v) is 5.34. The van der Waals surface area contributed by atoms with Crippen LogP contribution in [-0.2, 0) is 4.79 Å². The molecule has 3 N–H and O–H groups in total. The number of benzene rings is 2. The summed E-state index contributed by atoms with van der Waals surface area (Å²) in [6, 6.07) is 12.9. The molecular formula is C17H16ClN3O3. The molecule has 0 aliphatic heterocycles. The Morgan fingerprint density at radius 1 is 0.958 bits per heavy atom. The van der Waals surface area contributed by atoms with Gasteiger partial charge >= 0.3 is 0 Å². The van der Waals surface area contributed by atoms with Crippen molar-refractivity contribution in [3.63, 3.8) is 0 Å². The highest BCUT2D eigenvalue weighted by Crippen LogP contribution is 2.11. The van der Waals surface area contributed by atoms with Gasteiger partial charge in [0.1, 0.15) is 0 Å². The van der Waals surface area contributed by atoms with E-state index in [1.807, 2.05) is 0 Å². The number of amides is 3. The molecule has 0 aromatic heterocycles. The van der Waals surface area contributed by atoms with Crippen LogP contribution < -0.4 is 16.0 Å². The van der Waals surface area contributed by atoms with Gasteiger partial charge in [0.2, 0.25) is 5.91 Å². The highest BCUT2D eigenvalue weighted by Gasteiger charge is 2.10. The Bertz CT molecular complexity index is 777. The average molecular weight is 346 g/mol. The first kappa shape index (κ1) is 17.5. The van der Waals surface area contributed by atoms with Gasteiger partial charge in [0.05, 0.1) is 6.54 Å². The number of nitrogens with one attached hydrogen (secondary N) is 3. The van der Waals surface area contributed by atoms with Gasteiger partial charge in [-0.25, -0.2) is 0 Å². The highest BCUT2D eigenvalue weighted by molar-refractivity contribution is 6.31. The quantitative estimate of drug-likeness (QED) is 0.775. The zero-order valence-electron chi connectivity index (χ0n) is 12.9. The molecule has 7 heteroatoms. The number of hydrogen-bond acceptors (Lipinski definition) is 3. The Morgan fingerprint density at radius 3 is 2.29 bits per heavy atom. The van der Waals surface area contributed by atoms with E-state index >= 15 is 0 Å². The van der Waals surface area contributed by atoms with Crippen LogP contribution >= 0.6 is 11.6 Å². The lowest BCUT2D eigenvalue weighted by atomic mass is 10.2. The summed E-state index contributed by atoms with van der Waals surface area (Å²) in [5, 5.41) is 8.07. The first-order chi connectivity index (χ1) is 11.5. The Morgan fingerprint density at radius 2 is 1.62 bits per heavy atom. The molecule has 24 heavy (non-hydrogen) atoms. The zero-order valence-corrected chi connectivity index (χ0v) is 13.7. The average Bonchev–Trinajstić information content (AvgIpc) is 2.59. The number of carbonyl (C=O) groups excluding carboxylic acids is 3. The van der Waals surface area contributed by atoms with Gasteiger partial charge < -0.3 is 16.0 Å². The minimum atomic E-state index is -0.403. The minimum Gasteiger partial charge on any atom is -0.355 e.